The van der Waals surface area contributed by atoms with Crippen LogP contribution in [0.5, 0.6) is 0 Å². The van der Waals surface area contributed by atoms with Crippen molar-refractivity contribution in [2.45, 2.75) is 58.0 Å². The van der Waals surface area contributed by atoms with Gasteiger partial charge in [-0.25, -0.2) is 0 Å². The predicted molar refractivity (Wildman–Crippen MR) is 67.7 cm³/mol. The molecule has 0 spiro atoms. The third-order valence-corrected chi connectivity index (χ3v) is 3.92. The van der Waals surface area contributed by atoms with Crippen LogP contribution in [-0.2, 0) is 0 Å². The van der Waals surface area contributed by atoms with Gasteiger partial charge in [-0.2, -0.15) is 0 Å². The van der Waals surface area contributed by atoms with E-state index in [0.29, 0.717) is 12.8 Å². The monoisotopic (exact) mass is 248 g/mol. The van der Waals surface area contributed by atoms with Crippen LogP contribution < -0.4 is 0 Å². The summed E-state index contributed by atoms with van der Waals surface area (Å²) in [5, 5.41) is 38.6. The summed E-state index contributed by atoms with van der Waals surface area (Å²) >= 11 is 0. The number of aliphatic hydroxyl groups excluding tert-OH is 3. The van der Waals surface area contributed by atoms with Crippen molar-refractivity contribution in [1.82, 2.24) is 0 Å². The van der Waals surface area contributed by atoms with E-state index in [1.165, 1.54) is 0 Å². The Balaban J connectivity index is 4.60. The molecule has 0 aromatic rings. The van der Waals surface area contributed by atoms with Crippen molar-refractivity contribution < 1.29 is 20.4 Å². The third-order valence-electron chi connectivity index (χ3n) is 3.92. The van der Waals surface area contributed by atoms with E-state index < -0.39 is 30.8 Å². The van der Waals surface area contributed by atoms with Crippen LogP contribution in [0.1, 0.15) is 52.4 Å². The number of aliphatic hydroxyl groups is 4. The lowest BCUT2D eigenvalue weighted by Gasteiger charge is -2.44. The molecule has 4 N–H and O–H groups in total. The smallest absolute Gasteiger partial charge is 0.0767 e. The fourth-order valence-electron chi connectivity index (χ4n) is 2.25. The summed E-state index contributed by atoms with van der Waals surface area (Å²) in [7, 11) is 0. The van der Waals surface area contributed by atoms with Gasteiger partial charge >= 0.3 is 0 Å². The summed E-state index contributed by atoms with van der Waals surface area (Å²) in [6, 6.07) is 0. The molecule has 0 rings (SSSR count). The van der Waals surface area contributed by atoms with Crippen molar-refractivity contribution in [1.29, 1.82) is 0 Å². The second-order valence-electron chi connectivity index (χ2n) is 4.95. The van der Waals surface area contributed by atoms with Gasteiger partial charge in [-0.1, -0.05) is 39.5 Å². The molecule has 1 unspecified atom stereocenters. The Morgan fingerprint density at radius 1 is 0.824 bits per heavy atom. The minimum Gasteiger partial charge on any atom is -0.395 e. The maximum atomic E-state index is 10.5. The molecule has 0 radical (unpaired) electrons. The Morgan fingerprint density at radius 2 is 1.35 bits per heavy atom. The van der Waals surface area contributed by atoms with Crippen LogP contribution in [0.15, 0.2) is 0 Å². The molecule has 0 saturated heterocycles. The third kappa shape index (κ3) is 3.91. The minimum absolute atomic E-state index is 0.405. The summed E-state index contributed by atoms with van der Waals surface area (Å²) in [4.78, 5) is 0. The average Bonchev–Trinajstić information content (AvgIpc) is 2.37. The van der Waals surface area contributed by atoms with E-state index in [9.17, 15) is 20.4 Å². The number of hydrogen-bond donors (Lipinski definition) is 4. The highest BCUT2D eigenvalue weighted by molar-refractivity contribution is 4.97. The van der Waals surface area contributed by atoms with Gasteiger partial charge in [-0.3, -0.25) is 0 Å². The summed E-state index contributed by atoms with van der Waals surface area (Å²) in [5.41, 5.74) is -2.40. The number of rotatable bonds is 10. The molecular formula is C13H28O4. The summed E-state index contributed by atoms with van der Waals surface area (Å²) < 4.78 is 0. The van der Waals surface area contributed by atoms with Gasteiger partial charge in [0.2, 0.25) is 0 Å². The molecule has 0 aliphatic carbocycles. The molecule has 104 valence electrons. The van der Waals surface area contributed by atoms with Crippen LogP contribution in [0.2, 0.25) is 0 Å². The Morgan fingerprint density at radius 3 is 1.71 bits per heavy atom. The molecule has 1 atom stereocenters. The van der Waals surface area contributed by atoms with Gasteiger partial charge in [-0.15, -0.1) is 0 Å². The van der Waals surface area contributed by atoms with Gasteiger partial charge in [0.1, 0.15) is 0 Å². The molecule has 0 amide bonds. The van der Waals surface area contributed by atoms with E-state index >= 15 is 0 Å². The molecule has 0 heterocycles. The summed E-state index contributed by atoms with van der Waals surface area (Å²) in [6.45, 7) is 2.72. The number of hydrogen-bond acceptors (Lipinski definition) is 4. The van der Waals surface area contributed by atoms with E-state index in [2.05, 4.69) is 6.92 Å². The lowest BCUT2D eigenvalue weighted by atomic mass is 9.69. The van der Waals surface area contributed by atoms with Crippen LogP contribution in [0, 0.1) is 5.41 Å². The van der Waals surface area contributed by atoms with Crippen LogP contribution in [0.4, 0.5) is 0 Å². The molecule has 0 saturated carbocycles. The minimum atomic E-state index is -1.20. The largest absolute Gasteiger partial charge is 0.395 e. The molecule has 0 aromatic heterocycles. The maximum Gasteiger partial charge on any atom is 0.0767 e. The molecule has 4 heteroatoms. The Kier molecular flexibility index (Phi) is 7.96. The first-order valence-corrected chi connectivity index (χ1v) is 6.60. The van der Waals surface area contributed by atoms with Gasteiger partial charge in [0.25, 0.3) is 0 Å². The fourth-order valence-corrected chi connectivity index (χ4v) is 2.25. The van der Waals surface area contributed by atoms with E-state index in [4.69, 9.17) is 0 Å². The standard InChI is InChI=1S/C13H28O4/c1-3-5-6-7-8-13(17,4-2)12(9-14,10-15)11-16/h14-17H,3-11H2,1-2H3. The SMILES string of the molecule is CCCCCCC(O)(CC)C(CO)(CO)CO. The van der Waals surface area contributed by atoms with Crippen LogP contribution in [0.3, 0.4) is 0 Å². The first-order chi connectivity index (χ1) is 8.05. The average molecular weight is 248 g/mol. The highest BCUT2D eigenvalue weighted by atomic mass is 16.3. The second-order valence-corrected chi connectivity index (χ2v) is 4.95. The zero-order valence-corrected chi connectivity index (χ0v) is 11.2. The molecule has 0 aliphatic rings. The number of unbranched alkanes of at least 4 members (excludes halogenated alkanes) is 3. The molecule has 4 nitrogen and oxygen atoms in total. The van der Waals surface area contributed by atoms with E-state index in [1.54, 1.807) is 0 Å². The van der Waals surface area contributed by atoms with Crippen LogP contribution >= 0.6 is 0 Å². The zero-order valence-electron chi connectivity index (χ0n) is 11.2. The van der Waals surface area contributed by atoms with E-state index in [0.717, 1.165) is 25.7 Å². The molecular weight excluding hydrogens is 220 g/mol. The molecule has 0 fully saturated rings. The Labute approximate surface area is 104 Å². The van der Waals surface area contributed by atoms with Crippen molar-refractivity contribution >= 4 is 0 Å². The Hall–Kier alpha value is -0.160. The highest BCUT2D eigenvalue weighted by Gasteiger charge is 2.47. The van der Waals surface area contributed by atoms with Crippen LogP contribution in [-0.4, -0.2) is 45.8 Å². The van der Waals surface area contributed by atoms with Crippen molar-refractivity contribution in [3.63, 3.8) is 0 Å². The zero-order chi connectivity index (χ0) is 13.4. The van der Waals surface area contributed by atoms with Crippen molar-refractivity contribution in [2.75, 3.05) is 19.8 Å². The first kappa shape index (κ1) is 16.8. The lowest BCUT2D eigenvalue weighted by molar-refractivity contribution is -0.159. The Bertz CT molecular complexity index is 184. The van der Waals surface area contributed by atoms with Crippen LogP contribution in [0.25, 0.3) is 0 Å². The van der Waals surface area contributed by atoms with E-state index in [-0.39, 0.29) is 0 Å². The summed E-state index contributed by atoms with van der Waals surface area (Å²) in [6.07, 6.45) is 5.03. The van der Waals surface area contributed by atoms with Gasteiger partial charge < -0.3 is 20.4 Å². The van der Waals surface area contributed by atoms with Gasteiger partial charge in [0.15, 0.2) is 0 Å². The first-order valence-electron chi connectivity index (χ1n) is 6.60. The second kappa shape index (κ2) is 8.03. The van der Waals surface area contributed by atoms with Crippen molar-refractivity contribution in [2.24, 2.45) is 5.41 Å². The van der Waals surface area contributed by atoms with Gasteiger partial charge in [-0.05, 0) is 12.8 Å². The predicted octanol–water partition coefficient (Wildman–Crippen LogP) is 1.06. The van der Waals surface area contributed by atoms with Crippen molar-refractivity contribution in [3.8, 4) is 0 Å². The fraction of sp³-hybridized carbons (Fsp3) is 1.00. The molecule has 0 bridgehead atoms. The topological polar surface area (TPSA) is 80.9 Å². The van der Waals surface area contributed by atoms with Gasteiger partial charge in [0, 0.05) is 0 Å². The highest BCUT2D eigenvalue weighted by Crippen LogP contribution is 2.37. The van der Waals surface area contributed by atoms with Crippen molar-refractivity contribution in [3.05, 3.63) is 0 Å². The quantitative estimate of drug-likeness (QED) is 0.436. The summed E-state index contributed by atoms with van der Waals surface area (Å²) in [5.74, 6) is 0. The molecule has 0 aromatic carbocycles. The normalized spacial score (nSPS) is 15.9. The van der Waals surface area contributed by atoms with Gasteiger partial charge in [0.05, 0.1) is 30.8 Å². The lowest BCUT2D eigenvalue weighted by Crippen LogP contribution is -2.55. The molecule has 17 heavy (non-hydrogen) atoms. The van der Waals surface area contributed by atoms with E-state index in [1.807, 2.05) is 6.92 Å². The molecule has 0 aliphatic heterocycles. The maximum absolute atomic E-state index is 10.5.